The average molecular weight is 308 g/mol. The molecule has 0 fully saturated rings. The number of nitrogens with zero attached hydrogens (tertiary/aromatic N) is 3. The molecule has 2 heterocycles. The second-order valence-corrected chi connectivity index (χ2v) is 5.26. The van der Waals surface area contributed by atoms with Crippen molar-refractivity contribution in [2.45, 2.75) is 19.9 Å². The number of pyridine rings is 1. The molecule has 0 saturated carbocycles. The van der Waals surface area contributed by atoms with Crippen molar-refractivity contribution in [2.24, 2.45) is 0 Å². The monoisotopic (exact) mass is 308 g/mol. The molecule has 0 spiro atoms. The molecule has 23 heavy (non-hydrogen) atoms. The number of amides is 1. The SMILES string of the molecule is Cc1ccc(-c2noc([C@H](C)NC(=O)c3cccnc3)n2)cc1. The molecule has 0 bridgehead atoms. The lowest BCUT2D eigenvalue weighted by atomic mass is 10.1. The molecule has 0 saturated heterocycles. The summed E-state index contributed by atoms with van der Waals surface area (Å²) in [6.45, 7) is 3.81. The van der Waals surface area contributed by atoms with Gasteiger partial charge in [-0.2, -0.15) is 4.98 Å². The van der Waals surface area contributed by atoms with Gasteiger partial charge in [0.25, 0.3) is 5.91 Å². The Bertz CT molecular complexity index is 797. The zero-order valence-electron chi connectivity index (χ0n) is 12.9. The van der Waals surface area contributed by atoms with E-state index in [1.165, 1.54) is 6.20 Å². The smallest absolute Gasteiger partial charge is 0.253 e. The quantitative estimate of drug-likeness (QED) is 0.801. The van der Waals surface area contributed by atoms with Gasteiger partial charge in [-0.25, -0.2) is 0 Å². The van der Waals surface area contributed by atoms with E-state index in [1.54, 1.807) is 25.3 Å². The molecule has 1 atom stereocenters. The van der Waals surface area contributed by atoms with E-state index in [2.05, 4.69) is 20.4 Å². The van der Waals surface area contributed by atoms with Crippen LogP contribution in [0.3, 0.4) is 0 Å². The summed E-state index contributed by atoms with van der Waals surface area (Å²) < 4.78 is 5.26. The molecule has 0 aliphatic rings. The minimum Gasteiger partial charge on any atom is -0.340 e. The van der Waals surface area contributed by atoms with Gasteiger partial charge in [-0.1, -0.05) is 35.0 Å². The van der Waals surface area contributed by atoms with Crippen LogP contribution < -0.4 is 5.32 Å². The predicted octanol–water partition coefficient (Wildman–Crippen LogP) is 2.93. The zero-order valence-corrected chi connectivity index (χ0v) is 12.9. The van der Waals surface area contributed by atoms with Gasteiger partial charge in [0.2, 0.25) is 11.7 Å². The lowest BCUT2D eigenvalue weighted by molar-refractivity contribution is 0.0932. The van der Waals surface area contributed by atoms with Gasteiger partial charge in [-0.3, -0.25) is 9.78 Å². The summed E-state index contributed by atoms with van der Waals surface area (Å²) in [6, 6.07) is 10.8. The Morgan fingerprint density at radius 2 is 2.00 bits per heavy atom. The van der Waals surface area contributed by atoms with E-state index < -0.39 is 6.04 Å². The van der Waals surface area contributed by atoms with Gasteiger partial charge in [-0.05, 0) is 26.0 Å². The number of hydrogen-bond acceptors (Lipinski definition) is 5. The lowest BCUT2D eigenvalue weighted by Gasteiger charge is -2.09. The van der Waals surface area contributed by atoms with E-state index in [0.29, 0.717) is 17.3 Å². The van der Waals surface area contributed by atoms with Crippen LogP contribution in [0.4, 0.5) is 0 Å². The van der Waals surface area contributed by atoms with Gasteiger partial charge >= 0.3 is 0 Å². The van der Waals surface area contributed by atoms with Crippen LogP contribution in [-0.2, 0) is 0 Å². The molecule has 6 heteroatoms. The molecule has 3 rings (SSSR count). The minimum atomic E-state index is -0.394. The van der Waals surface area contributed by atoms with Crippen LogP contribution in [0.2, 0.25) is 0 Å². The van der Waals surface area contributed by atoms with Gasteiger partial charge in [0, 0.05) is 18.0 Å². The Morgan fingerprint density at radius 3 is 2.70 bits per heavy atom. The largest absolute Gasteiger partial charge is 0.340 e. The van der Waals surface area contributed by atoms with Crippen molar-refractivity contribution in [3.8, 4) is 11.4 Å². The number of hydrogen-bond donors (Lipinski definition) is 1. The van der Waals surface area contributed by atoms with E-state index in [4.69, 9.17) is 4.52 Å². The van der Waals surface area contributed by atoms with Crippen LogP contribution in [0.25, 0.3) is 11.4 Å². The molecule has 1 aromatic carbocycles. The molecule has 1 N–H and O–H groups in total. The highest BCUT2D eigenvalue weighted by Gasteiger charge is 2.18. The molecule has 2 aromatic heterocycles. The Hall–Kier alpha value is -3.02. The summed E-state index contributed by atoms with van der Waals surface area (Å²) in [7, 11) is 0. The topological polar surface area (TPSA) is 80.9 Å². The highest BCUT2D eigenvalue weighted by molar-refractivity contribution is 5.93. The Kier molecular flexibility index (Phi) is 4.14. The summed E-state index contributed by atoms with van der Waals surface area (Å²) in [6.07, 6.45) is 3.12. The number of carbonyl (C=O) groups excluding carboxylic acids is 1. The van der Waals surface area contributed by atoms with Gasteiger partial charge in [0.1, 0.15) is 6.04 Å². The van der Waals surface area contributed by atoms with Crippen molar-refractivity contribution in [1.29, 1.82) is 0 Å². The molecule has 6 nitrogen and oxygen atoms in total. The minimum absolute atomic E-state index is 0.235. The first kappa shape index (κ1) is 14.9. The normalized spacial score (nSPS) is 11.9. The second-order valence-electron chi connectivity index (χ2n) is 5.26. The third-order valence-corrected chi connectivity index (χ3v) is 3.39. The maximum absolute atomic E-state index is 12.1. The summed E-state index contributed by atoms with van der Waals surface area (Å²) in [4.78, 5) is 20.4. The number of rotatable bonds is 4. The molecule has 0 aliphatic heterocycles. The van der Waals surface area contributed by atoms with Crippen LogP contribution in [0, 0.1) is 6.92 Å². The maximum atomic E-state index is 12.1. The number of benzene rings is 1. The Morgan fingerprint density at radius 1 is 1.22 bits per heavy atom. The van der Waals surface area contributed by atoms with Gasteiger partial charge < -0.3 is 9.84 Å². The average Bonchev–Trinajstić information content (AvgIpc) is 3.06. The molecule has 3 aromatic rings. The fourth-order valence-corrected chi connectivity index (χ4v) is 2.07. The van der Waals surface area contributed by atoms with Gasteiger partial charge in [-0.15, -0.1) is 0 Å². The van der Waals surface area contributed by atoms with E-state index in [-0.39, 0.29) is 5.91 Å². The number of carbonyl (C=O) groups is 1. The first-order chi connectivity index (χ1) is 11.1. The summed E-state index contributed by atoms with van der Waals surface area (Å²) in [5.74, 6) is 0.626. The summed E-state index contributed by atoms with van der Waals surface area (Å²) in [5.41, 5.74) is 2.52. The van der Waals surface area contributed by atoms with Crippen molar-refractivity contribution >= 4 is 5.91 Å². The number of nitrogens with one attached hydrogen (secondary N) is 1. The van der Waals surface area contributed by atoms with Gasteiger partial charge in [0.15, 0.2) is 0 Å². The highest BCUT2D eigenvalue weighted by Crippen LogP contribution is 2.19. The van der Waals surface area contributed by atoms with E-state index in [0.717, 1.165) is 11.1 Å². The van der Waals surface area contributed by atoms with Crippen LogP contribution in [0.1, 0.15) is 34.8 Å². The predicted molar refractivity (Wildman–Crippen MR) is 84.6 cm³/mol. The first-order valence-corrected chi connectivity index (χ1v) is 7.25. The van der Waals surface area contributed by atoms with Crippen molar-refractivity contribution in [3.05, 3.63) is 65.8 Å². The van der Waals surface area contributed by atoms with Crippen LogP contribution >= 0.6 is 0 Å². The molecular formula is C17H16N4O2. The van der Waals surface area contributed by atoms with Crippen LogP contribution in [0.5, 0.6) is 0 Å². The lowest BCUT2D eigenvalue weighted by Crippen LogP contribution is -2.26. The maximum Gasteiger partial charge on any atom is 0.253 e. The standard InChI is InChI=1S/C17H16N4O2/c1-11-5-7-13(8-6-11)15-20-17(23-21-15)12(2)19-16(22)14-4-3-9-18-10-14/h3-10,12H,1-2H3,(H,19,22)/t12-/m0/s1. The molecule has 116 valence electrons. The van der Waals surface area contributed by atoms with Crippen molar-refractivity contribution in [3.63, 3.8) is 0 Å². The Labute approximate surface area is 133 Å². The fourth-order valence-electron chi connectivity index (χ4n) is 2.07. The van der Waals surface area contributed by atoms with Crippen LogP contribution in [0.15, 0.2) is 53.3 Å². The fraction of sp³-hybridized carbons (Fsp3) is 0.176. The highest BCUT2D eigenvalue weighted by atomic mass is 16.5. The third kappa shape index (κ3) is 3.42. The van der Waals surface area contributed by atoms with Crippen LogP contribution in [-0.4, -0.2) is 21.0 Å². The number of aromatic nitrogens is 3. The molecule has 0 radical (unpaired) electrons. The second kappa shape index (κ2) is 6.39. The van der Waals surface area contributed by atoms with E-state index in [1.807, 2.05) is 31.2 Å². The van der Waals surface area contributed by atoms with Crippen molar-refractivity contribution < 1.29 is 9.32 Å². The Balaban J connectivity index is 1.72. The zero-order chi connectivity index (χ0) is 16.2. The molecule has 1 amide bonds. The molecule has 0 aliphatic carbocycles. The summed E-state index contributed by atoms with van der Waals surface area (Å²) in [5, 5.41) is 6.78. The van der Waals surface area contributed by atoms with E-state index >= 15 is 0 Å². The third-order valence-electron chi connectivity index (χ3n) is 3.39. The number of aryl methyl sites for hydroxylation is 1. The van der Waals surface area contributed by atoms with E-state index in [9.17, 15) is 4.79 Å². The first-order valence-electron chi connectivity index (χ1n) is 7.25. The van der Waals surface area contributed by atoms with Crippen molar-refractivity contribution in [2.75, 3.05) is 0 Å². The van der Waals surface area contributed by atoms with Crippen molar-refractivity contribution in [1.82, 2.24) is 20.4 Å². The summed E-state index contributed by atoms with van der Waals surface area (Å²) >= 11 is 0. The molecular weight excluding hydrogens is 292 g/mol. The molecule has 0 unspecified atom stereocenters. The van der Waals surface area contributed by atoms with Gasteiger partial charge in [0.05, 0.1) is 5.56 Å².